The van der Waals surface area contributed by atoms with E-state index in [4.69, 9.17) is 0 Å². The van der Waals surface area contributed by atoms with Crippen molar-refractivity contribution < 1.29 is 4.79 Å². The first-order valence-corrected chi connectivity index (χ1v) is 8.81. The Hall–Kier alpha value is -2.53. The summed E-state index contributed by atoms with van der Waals surface area (Å²) in [5.74, 6) is 0.770. The van der Waals surface area contributed by atoms with E-state index in [9.17, 15) is 4.79 Å². The number of carbonyl (C=O) groups excluding carboxylic acids is 1. The number of aliphatic imine (C=N–C) groups is 1. The summed E-state index contributed by atoms with van der Waals surface area (Å²) in [6, 6.07) is 18.1. The Morgan fingerprint density at radius 2 is 1.83 bits per heavy atom. The summed E-state index contributed by atoms with van der Waals surface area (Å²) in [4.78, 5) is 21.2. The summed E-state index contributed by atoms with van der Waals surface area (Å²) in [7, 11) is 0. The summed E-state index contributed by atoms with van der Waals surface area (Å²) in [5, 5.41) is 0.798. The van der Waals surface area contributed by atoms with E-state index in [1.165, 1.54) is 5.56 Å². The van der Waals surface area contributed by atoms with Crippen molar-refractivity contribution in [3.05, 3.63) is 71.4 Å². The van der Waals surface area contributed by atoms with Gasteiger partial charge >= 0.3 is 0 Å². The number of anilines is 1. The molecule has 0 aliphatic carbocycles. The number of thioether (sulfide) groups is 1. The molecule has 24 heavy (non-hydrogen) atoms. The Labute approximate surface area is 145 Å². The van der Waals surface area contributed by atoms with Gasteiger partial charge in [-0.2, -0.15) is 0 Å². The number of amidine groups is 1. The first-order valence-electron chi connectivity index (χ1n) is 7.83. The lowest BCUT2D eigenvalue weighted by molar-refractivity contribution is -0.122. The molecule has 0 saturated carbocycles. The summed E-state index contributed by atoms with van der Waals surface area (Å²) < 4.78 is 0. The van der Waals surface area contributed by atoms with Gasteiger partial charge in [0.2, 0.25) is 0 Å². The molecule has 0 atom stereocenters. The SMILES string of the molecule is Cc1ccccc1N1CSC2=NC(=Cc3ccccc3)C(=O)N2C1. The Morgan fingerprint density at radius 1 is 1.08 bits per heavy atom. The van der Waals surface area contributed by atoms with E-state index in [1.807, 2.05) is 48.5 Å². The van der Waals surface area contributed by atoms with Gasteiger partial charge in [-0.3, -0.25) is 9.69 Å². The van der Waals surface area contributed by atoms with Gasteiger partial charge in [-0.25, -0.2) is 4.99 Å². The highest BCUT2D eigenvalue weighted by atomic mass is 32.2. The first kappa shape index (κ1) is 15.0. The first-order chi connectivity index (χ1) is 11.7. The van der Waals surface area contributed by atoms with Crippen LogP contribution in [0.25, 0.3) is 6.08 Å². The van der Waals surface area contributed by atoms with Gasteiger partial charge in [-0.05, 0) is 30.2 Å². The lowest BCUT2D eigenvalue weighted by Crippen LogP contribution is -2.46. The Morgan fingerprint density at radius 3 is 2.62 bits per heavy atom. The molecular weight excluding hydrogens is 318 g/mol. The standard InChI is InChI=1S/C19H17N3OS/c1-14-7-5-6-10-17(14)21-12-22-18(23)16(20-19(22)24-13-21)11-15-8-3-2-4-9-15/h2-11H,12-13H2,1H3. The average molecular weight is 335 g/mol. The molecular formula is C19H17N3OS. The summed E-state index contributed by atoms with van der Waals surface area (Å²) in [6.45, 7) is 2.64. The molecule has 2 aromatic carbocycles. The third kappa shape index (κ3) is 2.71. The van der Waals surface area contributed by atoms with E-state index in [2.05, 4.69) is 28.9 Å². The Bertz CT molecular complexity index is 845. The Balaban J connectivity index is 1.58. The second kappa shape index (κ2) is 6.17. The number of benzene rings is 2. The van der Waals surface area contributed by atoms with Crippen LogP contribution >= 0.6 is 11.8 Å². The molecule has 2 heterocycles. The van der Waals surface area contributed by atoms with Gasteiger partial charge < -0.3 is 4.90 Å². The maximum Gasteiger partial charge on any atom is 0.280 e. The summed E-state index contributed by atoms with van der Waals surface area (Å²) in [5.41, 5.74) is 3.88. The van der Waals surface area contributed by atoms with Crippen LogP contribution in [-0.4, -0.2) is 28.5 Å². The second-order valence-corrected chi connectivity index (χ2v) is 6.72. The smallest absolute Gasteiger partial charge is 0.280 e. The molecule has 120 valence electrons. The van der Waals surface area contributed by atoms with E-state index >= 15 is 0 Å². The third-order valence-electron chi connectivity index (χ3n) is 4.13. The molecule has 4 nitrogen and oxygen atoms in total. The monoisotopic (exact) mass is 335 g/mol. The van der Waals surface area contributed by atoms with Crippen LogP contribution in [0.4, 0.5) is 5.69 Å². The molecule has 0 aromatic heterocycles. The van der Waals surface area contributed by atoms with Crippen LogP contribution in [0.5, 0.6) is 0 Å². The fraction of sp³-hybridized carbons (Fsp3) is 0.158. The molecule has 1 fully saturated rings. The number of aryl methyl sites for hydroxylation is 1. The van der Waals surface area contributed by atoms with Gasteiger partial charge in [-0.15, -0.1) is 0 Å². The predicted octanol–water partition coefficient (Wildman–Crippen LogP) is 3.70. The molecule has 0 unspecified atom stereocenters. The molecule has 0 radical (unpaired) electrons. The lowest BCUT2D eigenvalue weighted by Gasteiger charge is -2.35. The van der Waals surface area contributed by atoms with Crippen molar-refractivity contribution in [3.63, 3.8) is 0 Å². The number of amides is 1. The molecule has 1 saturated heterocycles. The number of carbonyl (C=O) groups is 1. The van der Waals surface area contributed by atoms with Crippen molar-refractivity contribution in [2.45, 2.75) is 6.92 Å². The quantitative estimate of drug-likeness (QED) is 0.785. The zero-order valence-electron chi connectivity index (χ0n) is 13.3. The largest absolute Gasteiger partial charge is 0.343 e. The van der Waals surface area contributed by atoms with Crippen molar-refractivity contribution in [2.75, 3.05) is 17.4 Å². The lowest BCUT2D eigenvalue weighted by atomic mass is 10.2. The fourth-order valence-electron chi connectivity index (χ4n) is 2.88. The maximum absolute atomic E-state index is 12.7. The number of hydrogen-bond acceptors (Lipinski definition) is 4. The van der Waals surface area contributed by atoms with Crippen LogP contribution in [0.1, 0.15) is 11.1 Å². The van der Waals surface area contributed by atoms with Crippen molar-refractivity contribution >= 4 is 34.6 Å². The number of para-hydroxylation sites is 1. The van der Waals surface area contributed by atoms with Crippen LogP contribution in [0.2, 0.25) is 0 Å². The van der Waals surface area contributed by atoms with E-state index in [0.717, 1.165) is 22.3 Å². The van der Waals surface area contributed by atoms with Gasteiger partial charge in [0.15, 0.2) is 5.17 Å². The second-order valence-electron chi connectivity index (χ2n) is 5.81. The van der Waals surface area contributed by atoms with E-state index in [1.54, 1.807) is 16.7 Å². The van der Waals surface area contributed by atoms with Crippen molar-refractivity contribution in [2.24, 2.45) is 4.99 Å². The molecule has 5 heteroatoms. The zero-order chi connectivity index (χ0) is 16.5. The van der Waals surface area contributed by atoms with Crippen molar-refractivity contribution in [1.82, 2.24) is 4.90 Å². The minimum atomic E-state index is -0.0281. The molecule has 4 rings (SSSR count). The van der Waals surface area contributed by atoms with Gasteiger partial charge in [0, 0.05) is 5.69 Å². The van der Waals surface area contributed by atoms with Gasteiger partial charge in [0.1, 0.15) is 12.4 Å². The average Bonchev–Trinajstić information content (AvgIpc) is 2.92. The number of fused-ring (bicyclic) bond motifs is 1. The topological polar surface area (TPSA) is 35.9 Å². The number of rotatable bonds is 2. The predicted molar refractivity (Wildman–Crippen MR) is 99.7 cm³/mol. The van der Waals surface area contributed by atoms with Crippen LogP contribution in [0.15, 0.2) is 65.3 Å². The van der Waals surface area contributed by atoms with Crippen LogP contribution in [0.3, 0.4) is 0 Å². The maximum atomic E-state index is 12.7. The summed E-state index contributed by atoms with van der Waals surface area (Å²) in [6.07, 6.45) is 1.85. The van der Waals surface area contributed by atoms with E-state index in [0.29, 0.717) is 12.4 Å². The van der Waals surface area contributed by atoms with Gasteiger partial charge in [0.25, 0.3) is 5.91 Å². The minimum absolute atomic E-state index is 0.0281. The highest BCUT2D eigenvalue weighted by molar-refractivity contribution is 8.14. The molecule has 1 amide bonds. The van der Waals surface area contributed by atoms with E-state index < -0.39 is 0 Å². The molecule has 0 N–H and O–H groups in total. The van der Waals surface area contributed by atoms with E-state index in [-0.39, 0.29) is 5.91 Å². The van der Waals surface area contributed by atoms with Crippen LogP contribution in [0, 0.1) is 6.92 Å². The van der Waals surface area contributed by atoms with Crippen molar-refractivity contribution in [1.29, 1.82) is 0 Å². The minimum Gasteiger partial charge on any atom is -0.343 e. The normalized spacial score (nSPS) is 18.8. The molecule has 2 aliphatic rings. The Kier molecular flexibility index (Phi) is 3.86. The van der Waals surface area contributed by atoms with Gasteiger partial charge in [0.05, 0.1) is 5.88 Å². The van der Waals surface area contributed by atoms with Gasteiger partial charge in [-0.1, -0.05) is 60.3 Å². The highest BCUT2D eigenvalue weighted by Gasteiger charge is 2.35. The van der Waals surface area contributed by atoms with Crippen LogP contribution < -0.4 is 4.90 Å². The molecule has 2 aliphatic heterocycles. The molecule has 0 spiro atoms. The molecule has 2 aromatic rings. The fourth-order valence-corrected chi connectivity index (χ4v) is 3.83. The summed E-state index contributed by atoms with van der Waals surface area (Å²) >= 11 is 1.60. The van der Waals surface area contributed by atoms with Crippen LogP contribution in [-0.2, 0) is 4.79 Å². The molecule has 0 bridgehead atoms. The zero-order valence-corrected chi connectivity index (χ0v) is 14.2. The third-order valence-corrected chi connectivity index (χ3v) is 5.14. The van der Waals surface area contributed by atoms with Crippen molar-refractivity contribution in [3.8, 4) is 0 Å². The number of nitrogens with zero attached hydrogens (tertiary/aromatic N) is 3. The number of hydrogen-bond donors (Lipinski definition) is 0. The highest BCUT2D eigenvalue weighted by Crippen LogP contribution is 2.32.